The third-order valence-electron chi connectivity index (χ3n) is 2.67. The molecule has 2 amide bonds. The van der Waals surface area contributed by atoms with Crippen molar-refractivity contribution in [1.82, 2.24) is 4.90 Å². The Bertz CT molecular complexity index is 207. The van der Waals surface area contributed by atoms with Crippen molar-refractivity contribution in [2.24, 2.45) is 5.92 Å². The first-order valence-corrected chi connectivity index (χ1v) is 4.98. The predicted octanol–water partition coefficient (Wildman–Crippen LogP) is 1.57. The van der Waals surface area contributed by atoms with E-state index >= 15 is 0 Å². The van der Waals surface area contributed by atoms with Crippen molar-refractivity contribution >= 4 is 11.8 Å². The first kappa shape index (κ1) is 10.2. The number of carbonyl (C=O) groups excluding carboxylic acids is 2. The number of hydrogen-bond donors (Lipinski definition) is 0. The largest absolute Gasteiger partial charge is 0.283 e. The minimum absolute atomic E-state index is 0.0347. The average Bonchev–Trinajstić information content (AvgIpc) is 2.56. The minimum Gasteiger partial charge on any atom is -0.283 e. The average molecular weight is 183 g/mol. The molecule has 0 aromatic carbocycles. The first-order chi connectivity index (χ1) is 6.16. The summed E-state index contributed by atoms with van der Waals surface area (Å²) >= 11 is 0. The Morgan fingerprint density at radius 1 is 1.31 bits per heavy atom. The maximum Gasteiger partial charge on any atom is 0.232 e. The van der Waals surface area contributed by atoms with E-state index in [4.69, 9.17) is 0 Å². The van der Waals surface area contributed by atoms with Crippen LogP contribution >= 0.6 is 0 Å². The minimum atomic E-state index is -0.126. The van der Waals surface area contributed by atoms with Gasteiger partial charge in [0, 0.05) is 19.4 Å². The summed E-state index contributed by atoms with van der Waals surface area (Å²) in [5, 5.41) is 0. The quantitative estimate of drug-likeness (QED) is 0.651. The van der Waals surface area contributed by atoms with Crippen LogP contribution in [0.3, 0.4) is 0 Å². The summed E-state index contributed by atoms with van der Waals surface area (Å²) in [6.07, 6.45) is 4.18. The lowest BCUT2D eigenvalue weighted by molar-refractivity contribution is -0.145. The Labute approximate surface area is 79.1 Å². The van der Waals surface area contributed by atoms with Crippen LogP contribution in [-0.2, 0) is 9.59 Å². The van der Waals surface area contributed by atoms with Crippen LogP contribution in [-0.4, -0.2) is 23.3 Å². The monoisotopic (exact) mass is 183 g/mol. The van der Waals surface area contributed by atoms with E-state index in [2.05, 4.69) is 0 Å². The lowest BCUT2D eigenvalue weighted by atomic mass is 10.1. The van der Waals surface area contributed by atoms with E-state index in [1.165, 1.54) is 11.8 Å². The van der Waals surface area contributed by atoms with Crippen LogP contribution in [0.4, 0.5) is 0 Å². The van der Waals surface area contributed by atoms with Gasteiger partial charge in [-0.15, -0.1) is 0 Å². The van der Waals surface area contributed by atoms with Crippen LogP contribution in [0.1, 0.15) is 39.5 Å². The lowest BCUT2D eigenvalue weighted by Crippen LogP contribution is -2.38. The van der Waals surface area contributed by atoms with E-state index in [0.717, 1.165) is 25.7 Å². The summed E-state index contributed by atoms with van der Waals surface area (Å²) < 4.78 is 0. The fourth-order valence-corrected chi connectivity index (χ4v) is 1.93. The molecule has 0 heterocycles. The third-order valence-corrected chi connectivity index (χ3v) is 2.67. The summed E-state index contributed by atoms with van der Waals surface area (Å²) in [7, 11) is 0. The second-order valence-electron chi connectivity index (χ2n) is 3.58. The van der Waals surface area contributed by atoms with Gasteiger partial charge in [-0.25, -0.2) is 0 Å². The second kappa shape index (κ2) is 4.40. The van der Waals surface area contributed by atoms with Crippen molar-refractivity contribution in [2.75, 3.05) is 6.54 Å². The zero-order chi connectivity index (χ0) is 9.84. The van der Waals surface area contributed by atoms with Gasteiger partial charge in [0.2, 0.25) is 11.8 Å². The normalized spacial score (nSPS) is 17.4. The molecule has 3 heteroatoms. The summed E-state index contributed by atoms with van der Waals surface area (Å²) in [5.74, 6) is 0.0238. The molecule has 0 spiro atoms. The van der Waals surface area contributed by atoms with E-state index in [1.807, 2.05) is 6.92 Å². The highest BCUT2D eigenvalue weighted by molar-refractivity contribution is 5.95. The number of hydrogen-bond acceptors (Lipinski definition) is 2. The SMILES string of the molecule is CCN(C(C)=O)C(=O)C1CCCC1. The van der Waals surface area contributed by atoms with Gasteiger partial charge in [-0.2, -0.15) is 0 Å². The third kappa shape index (κ3) is 2.29. The van der Waals surface area contributed by atoms with Crippen molar-refractivity contribution in [3.8, 4) is 0 Å². The molecule has 1 fully saturated rings. The highest BCUT2D eigenvalue weighted by atomic mass is 16.2. The summed E-state index contributed by atoms with van der Waals surface area (Å²) in [6.45, 7) is 3.80. The molecular weight excluding hydrogens is 166 g/mol. The smallest absolute Gasteiger partial charge is 0.232 e. The van der Waals surface area contributed by atoms with Gasteiger partial charge in [-0.05, 0) is 19.8 Å². The zero-order valence-corrected chi connectivity index (χ0v) is 8.38. The number of amides is 2. The van der Waals surface area contributed by atoms with E-state index in [1.54, 1.807) is 0 Å². The molecule has 0 aromatic heterocycles. The van der Waals surface area contributed by atoms with Gasteiger partial charge >= 0.3 is 0 Å². The predicted molar refractivity (Wildman–Crippen MR) is 50.0 cm³/mol. The maximum absolute atomic E-state index is 11.7. The molecule has 74 valence electrons. The van der Waals surface area contributed by atoms with Crippen LogP contribution in [0.25, 0.3) is 0 Å². The maximum atomic E-state index is 11.7. The Balaban J connectivity index is 2.57. The standard InChI is InChI=1S/C10H17NO2/c1-3-11(8(2)12)10(13)9-6-4-5-7-9/h9H,3-7H2,1-2H3. The van der Waals surface area contributed by atoms with Gasteiger partial charge in [-0.3, -0.25) is 14.5 Å². The molecule has 13 heavy (non-hydrogen) atoms. The molecule has 0 bridgehead atoms. The molecule has 1 aliphatic carbocycles. The molecule has 1 rings (SSSR count). The van der Waals surface area contributed by atoms with Gasteiger partial charge in [0.15, 0.2) is 0 Å². The van der Waals surface area contributed by atoms with Crippen molar-refractivity contribution in [3.05, 3.63) is 0 Å². The van der Waals surface area contributed by atoms with Crippen LogP contribution in [0.2, 0.25) is 0 Å². The highest BCUT2D eigenvalue weighted by Gasteiger charge is 2.28. The molecule has 1 aliphatic rings. The summed E-state index contributed by atoms with van der Waals surface area (Å²) in [5.41, 5.74) is 0. The molecule has 3 nitrogen and oxygen atoms in total. The van der Waals surface area contributed by atoms with Gasteiger partial charge in [0.05, 0.1) is 0 Å². The number of rotatable bonds is 2. The van der Waals surface area contributed by atoms with E-state index in [9.17, 15) is 9.59 Å². The Hall–Kier alpha value is -0.860. The van der Waals surface area contributed by atoms with Gasteiger partial charge in [0.1, 0.15) is 0 Å². The molecule has 0 aromatic rings. The van der Waals surface area contributed by atoms with Gasteiger partial charge in [-0.1, -0.05) is 12.8 Å². The van der Waals surface area contributed by atoms with Crippen molar-refractivity contribution in [1.29, 1.82) is 0 Å². The Morgan fingerprint density at radius 2 is 1.85 bits per heavy atom. The van der Waals surface area contributed by atoms with Gasteiger partial charge in [0.25, 0.3) is 0 Å². The van der Waals surface area contributed by atoms with Crippen LogP contribution < -0.4 is 0 Å². The lowest BCUT2D eigenvalue weighted by Gasteiger charge is -2.20. The fraction of sp³-hybridized carbons (Fsp3) is 0.800. The van der Waals surface area contributed by atoms with Crippen molar-refractivity contribution in [2.45, 2.75) is 39.5 Å². The fourth-order valence-electron chi connectivity index (χ4n) is 1.93. The highest BCUT2D eigenvalue weighted by Crippen LogP contribution is 2.26. The van der Waals surface area contributed by atoms with Crippen molar-refractivity contribution in [3.63, 3.8) is 0 Å². The van der Waals surface area contributed by atoms with Gasteiger partial charge < -0.3 is 0 Å². The van der Waals surface area contributed by atoms with E-state index in [-0.39, 0.29) is 17.7 Å². The molecule has 0 saturated heterocycles. The molecule has 1 saturated carbocycles. The van der Waals surface area contributed by atoms with Crippen molar-refractivity contribution < 1.29 is 9.59 Å². The van der Waals surface area contributed by atoms with E-state index in [0.29, 0.717) is 6.54 Å². The Kier molecular flexibility index (Phi) is 3.46. The summed E-state index contributed by atoms with van der Waals surface area (Å²) in [6, 6.07) is 0. The molecule has 0 atom stereocenters. The molecule has 0 N–H and O–H groups in total. The molecule has 0 aliphatic heterocycles. The second-order valence-corrected chi connectivity index (χ2v) is 3.58. The van der Waals surface area contributed by atoms with Crippen LogP contribution in [0.15, 0.2) is 0 Å². The van der Waals surface area contributed by atoms with Crippen LogP contribution in [0, 0.1) is 5.92 Å². The summed E-state index contributed by atoms with van der Waals surface area (Å²) in [4.78, 5) is 24.2. The first-order valence-electron chi connectivity index (χ1n) is 4.98. The molecule has 0 unspecified atom stereocenters. The van der Waals surface area contributed by atoms with Crippen LogP contribution in [0.5, 0.6) is 0 Å². The topological polar surface area (TPSA) is 37.4 Å². The Morgan fingerprint density at radius 3 is 2.23 bits per heavy atom. The molecular formula is C10H17NO2. The van der Waals surface area contributed by atoms with E-state index < -0.39 is 0 Å². The number of nitrogens with zero attached hydrogens (tertiary/aromatic N) is 1. The molecule has 0 radical (unpaired) electrons. The number of carbonyl (C=O) groups is 2. The number of imide groups is 1. The zero-order valence-electron chi connectivity index (χ0n) is 8.38.